The predicted octanol–water partition coefficient (Wildman–Crippen LogP) is 3.92. The Hall–Kier alpha value is -2.02. The van der Waals surface area contributed by atoms with Crippen LogP contribution in [0.4, 0.5) is 0 Å². The van der Waals surface area contributed by atoms with Crippen LogP contribution in [0, 0.1) is 4.77 Å². The van der Waals surface area contributed by atoms with E-state index < -0.39 is 0 Å². The van der Waals surface area contributed by atoms with Gasteiger partial charge in [0.1, 0.15) is 6.33 Å². The molecule has 0 bridgehead atoms. The van der Waals surface area contributed by atoms with Crippen molar-refractivity contribution in [2.24, 2.45) is 0 Å². The van der Waals surface area contributed by atoms with Gasteiger partial charge in [0.05, 0.1) is 6.67 Å². The fourth-order valence-electron chi connectivity index (χ4n) is 3.75. The summed E-state index contributed by atoms with van der Waals surface area (Å²) in [5, 5.41) is 7.16. The van der Waals surface area contributed by atoms with Gasteiger partial charge < -0.3 is 4.57 Å². The van der Waals surface area contributed by atoms with Gasteiger partial charge in [-0.05, 0) is 42.4 Å². The number of aromatic nitrogens is 3. The lowest BCUT2D eigenvalue weighted by Gasteiger charge is -2.34. The first-order valence-corrected chi connectivity index (χ1v) is 10.1. The van der Waals surface area contributed by atoms with Gasteiger partial charge >= 0.3 is 0 Å². The molecule has 1 aliphatic heterocycles. The molecule has 0 radical (unpaired) electrons. The second-order valence-electron chi connectivity index (χ2n) is 7.59. The molecule has 0 saturated carbocycles. The number of hydrogen-bond acceptors (Lipinski definition) is 4. The lowest BCUT2D eigenvalue weighted by Crippen LogP contribution is -2.46. The van der Waals surface area contributed by atoms with E-state index in [1.54, 1.807) is 0 Å². The largest absolute Gasteiger partial charge is 0.304 e. The van der Waals surface area contributed by atoms with Crippen LogP contribution in [0.1, 0.15) is 25.5 Å². The summed E-state index contributed by atoms with van der Waals surface area (Å²) in [7, 11) is 0. The standard InChI is InChI=1S/C21H27N5S/c1-17(2)25-15-22-26(21(25)27)16-24-12-10-23(11-13-24)14-19-8-5-7-18-6-3-4-9-20(18)19/h3-9,15,17H,10-14,16H2,1-2H3. The van der Waals surface area contributed by atoms with Crippen molar-refractivity contribution in [2.75, 3.05) is 26.2 Å². The Morgan fingerprint density at radius 1 is 0.963 bits per heavy atom. The average Bonchev–Trinajstić information content (AvgIpc) is 3.04. The van der Waals surface area contributed by atoms with Crippen molar-refractivity contribution >= 4 is 23.0 Å². The second-order valence-corrected chi connectivity index (χ2v) is 7.95. The summed E-state index contributed by atoms with van der Waals surface area (Å²) in [5.41, 5.74) is 1.42. The molecule has 1 fully saturated rings. The van der Waals surface area contributed by atoms with Crippen LogP contribution < -0.4 is 0 Å². The molecule has 4 rings (SSSR count). The molecule has 27 heavy (non-hydrogen) atoms. The van der Waals surface area contributed by atoms with Gasteiger partial charge in [0.2, 0.25) is 0 Å². The first-order valence-electron chi connectivity index (χ1n) is 9.67. The highest BCUT2D eigenvalue weighted by Gasteiger charge is 2.18. The Bertz CT molecular complexity index is 961. The Kier molecular flexibility index (Phi) is 5.38. The normalized spacial score (nSPS) is 16.4. The van der Waals surface area contributed by atoms with E-state index in [4.69, 9.17) is 12.2 Å². The molecule has 0 atom stereocenters. The van der Waals surface area contributed by atoms with Gasteiger partial charge in [-0.25, -0.2) is 4.68 Å². The number of benzene rings is 2. The summed E-state index contributed by atoms with van der Waals surface area (Å²) in [5.74, 6) is 0. The minimum Gasteiger partial charge on any atom is -0.304 e. The molecule has 1 aromatic heterocycles. The molecule has 0 aliphatic carbocycles. The summed E-state index contributed by atoms with van der Waals surface area (Å²) >= 11 is 5.55. The third kappa shape index (κ3) is 3.98. The van der Waals surface area contributed by atoms with E-state index in [1.807, 2.05) is 15.6 Å². The minimum atomic E-state index is 0.351. The molecule has 6 heteroatoms. The zero-order valence-electron chi connectivity index (χ0n) is 16.1. The van der Waals surface area contributed by atoms with Crippen LogP contribution in [0.15, 0.2) is 48.8 Å². The van der Waals surface area contributed by atoms with E-state index in [0.29, 0.717) is 6.04 Å². The van der Waals surface area contributed by atoms with Gasteiger partial charge in [-0.15, -0.1) is 0 Å². The number of rotatable bonds is 5. The Morgan fingerprint density at radius 3 is 2.41 bits per heavy atom. The molecule has 142 valence electrons. The van der Waals surface area contributed by atoms with Crippen molar-refractivity contribution < 1.29 is 0 Å². The van der Waals surface area contributed by atoms with E-state index in [9.17, 15) is 0 Å². The number of nitrogens with zero attached hydrogens (tertiary/aromatic N) is 5. The lowest BCUT2D eigenvalue weighted by atomic mass is 10.0. The number of hydrogen-bond donors (Lipinski definition) is 0. The van der Waals surface area contributed by atoms with Crippen LogP contribution in [0.2, 0.25) is 0 Å². The van der Waals surface area contributed by atoms with Crippen LogP contribution in [-0.4, -0.2) is 50.3 Å². The number of fused-ring (bicyclic) bond motifs is 1. The van der Waals surface area contributed by atoms with E-state index >= 15 is 0 Å². The van der Waals surface area contributed by atoms with Crippen molar-refractivity contribution in [3.05, 3.63) is 59.1 Å². The topological polar surface area (TPSA) is 29.2 Å². The summed E-state index contributed by atoms with van der Waals surface area (Å²) in [4.78, 5) is 4.98. The first kappa shape index (κ1) is 18.3. The number of piperazine rings is 1. The lowest BCUT2D eigenvalue weighted by molar-refractivity contribution is 0.0982. The minimum absolute atomic E-state index is 0.351. The maximum atomic E-state index is 5.55. The molecular formula is C21H27N5S. The highest BCUT2D eigenvalue weighted by molar-refractivity contribution is 7.71. The molecule has 3 aromatic rings. The van der Waals surface area contributed by atoms with Gasteiger partial charge in [-0.2, -0.15) is 5.10 Å². The highest BCUT2D eigenvalue weighted by atomic mass is 32.1. The average molecular weight is 382 g/mol. The van der Waals surface area contributed by atoms with E-state index in [1.165, 1.54) is 16.3 Å². The van der Waals surface area contributed by atoms with Crippen LogP contribution in [0.3, 0.4) is 0 Å². The van der Waals surface area contributed by atoms with Crippen LogP contribution in [0.5, 0.6) is 0 Å². The SMILES string of the molecule is CC(C)n1cnn(CN2CCN(Cc3cccc4ccccc34)CC2)c1=S. The molecule has 5 nitrogen and oxygen atoms in total. The molecule has 2 heterocycles. The summed E-state index contributed by atoms with van der Waals surface area (Å²) in [6.45, 7) is 10.3. The van der Waals surface area contributed by atoms with Crippen molar-refractivity contribution in [3.8, 4) is 0 Å². The van der Waals surface area contributed by atoms with E-state index in [0.717, 1.165) is 44.2 Å². The summed E-state index contributed by atoms with van der Waals surface area (Å²) in [6.07, 6.45) is 1.85. The molecule has 0 N–H and O–H groups in total. The van der Waals surface area contributed by atoms with Gasteiger partial charge in [0, 0.05) is 38.8 Å². The van der Waals surface area contributed by atoms with Gasteiger partial charge in [-0.1, -0.05) is 42.5 Å². The highest BCUT2D eigenvalue weighted by Crippen LogP contribution is 2.20. The molecular weight excluding hydrogens is 354 g/mol. The first-order chi connectivity index (χ1) is 13.1. The maximum Gasteiger partial charge on any atom is 0.199 e. The maximum absolute atomic E-state index is 5.55. The zero-order chi connectivity index (χ0) is 18.8. The van der Waals surface area contributed by atoms with E-state index in [2.05, 4.69) is 71.2 Å². The Morgan fingerprint density at radius 2 is 1.67 bits per heavy atom. The molecule has 0 spiro atoms. The fraction of sp³-hybridized carbons (Fsp3) is 0.429. The van der Waals surface area contributed by atoms with Crippen LogP contribution in [0.25, 0.3) is 10.8 Å². The summed E-state index contributed by atoms with van der Waals surface area (Å²) < 4.78 is 4.80. The Balaban J connectivity index is 1.37. The molecule has 1 aliphatic rings. The van der Waals surface area contributed by atoms with Gasteiger partial charge in [-0.3, -0.25) is 9.80 Å². The predicted molar refractivity (Wildman–Crippen MR) is 112 cm³/mol. The van der Waals surface area contributed by atoms with Crippen LogP contribution in [-0.2, 0) is 13.2 Å². The van der Waals surface area contributed by atoms with Gasteiger partial charge in [0.15, 0.2) is 4.77 Å². The van der Waals surface area contributed by atoms with Gasteiger partial charge in [0.25, 0.3) is 0 Å². The third-order valence-corrected chi connectivity index (χ3v) is 5.81. The molecule has 2 aromatic carbocycles. The van der Waals surface area contributed by atoms with Crippen molar-refractivity contribution in [3.63, 3.8) is 0 Å². The molecule has 0 unspecified atom stereocenters. The van der Waals surface area contributed by atoms with Crippen LogP contribution >= 0.6 is 12.2 Å². The zero-order valence-corrected chi connectivity index (χ0v) is 16.9. The third-order valence-electron chi connectivity index (χ3n) is 5.39. The second kappa shape index (κ2) is 7.92. The monoisotopic (exact) mass is 381 g/mol. The molecule has 0 amide bonds. The smallest absolute Gasteiger partial charge is 0.199 e. The molecule has 1 saturated heterocycles. The van der Waals surface area contributed by atoms with Crippen molar-refractivity contribution in [2.45, 2.75) is 33.1 Å². The van der Waals surface area contributed by atoms with Crippen molar-refractivity contribution in [1.29, 1.82) is 0 Å². The van der Waals surface area contributed by atoms with E-state index in [-0.39, 0.29) is 0 Å². The van der Waals surface area contributed by atoms with Crippen molar-refractivity contribution in [1.82, 2.24) is 24.1 Å². The summed E-state index contributed by atoms with van der Waals surface area (Å²) in [6, 6.07) is 15.6. The Labute approximate surface area is 165 Å². The quantitative estimate of drug-likeness (QED) is 0.627. The fourth-order valence-corrected chi connectivity index (χ4v) is 4.11.